The SMILES string of the molecule is Cc1cccc(C)c1-c1c(C)cc(C(=O)O)cc1C. The molecule has 0 unspecified atom stereocenters. The first-order valence-electron chi connectivity index (χ1n) is 6.33. The average Bonchev–Trinajstić information content (AvgIpc) is 2.31. The van der Waals surface area contributed by atoms with Gasteiger partial charge in [-0.3, -0.25) is 0 Å². The van der Waals surface area contributed by atoms with E-state index in [0.717, 1.165) is 16.7 Å². The van der Waals surface area contributed by atoms with Gasteiger partial charge in [0.2, 0.25) is 0 Å². The minimum atomic E-state index is -0.876. The minimum absolute atomic E-state index is 0.352. The summed E-state index contributed by atoms with van der Waals surface area (Å²) in [5, 5.41) is 9.10. The van der Waals surface area contributed by atoms with Crippen LogP contribution in [0.25, 0.3) is 11.1 Å². The predicted octanol–water partition coefficient (Wildman–Crippen LogP) is 4.29. The molecular weight excluding hydrogens is 236 g/mol. The molecule has 0 fully saturated rings. The standard InChI is InChI=1S/C17H18O2/c1-10-6-5-7-11(2)15(10)16-12(3)8-14(17(18)19)9-13(16)4/h5-9H,1-4H3,(H,18,19). The van der Waals surface area contributed by atoms with Gasteiger partial charge < -0.3 is 5.11 Å². The summed E-state index contributed by atoms with van der Waals surface area (Å²) < 4.78 is 0. The zero-order valence-electron chi connectivity index (χ0n) is 11.7. The lowest BCUT2D eigenvalue weighted by molar-refractivity contribution is 0.0696. The first kappa shape index (κ1) is 13.3. The lowest BCUT2D eigenvalue weighted by Crippen LogP contribution is -2.01. The first-order valence-corrected chi connectivity index (χ1v) is 6.33. The van der Waals surface area contributed by atoms with Crippen molar-refractivity contribution in [3.8, 4) is 11.1 Å². The lowest BCUT2D eigenvalue weighted by Gasteiger charge is -2.16. The van der Waals surface area contributed by atoms with Crippen LogP contribution >= 0.6 is 0 Å². The maximum atomic E-state index is 11.1. The molecule has 0 aliphatic rings. The largest absolute Gasteiger partial charge is 0.478 e. The molecule has 0 heterocycles. The van der Waals surface area contributed by atoms with Gasteiger partial charge in [-0.15, -0.1) is 0 Å². The Morgan fingerprint density at radius 1 is 0.842 bits per heavy atom. The van der Waals surface area contributed by atoms with Crippen molar-refractivity contribution in [3.63, 3.8) is 0 Å². The number of aromatic carboxylic acids is 1. The third-order valence-corrected chi connectivity index (χ3v) is 3.51. The molecule has 0 radical (unpaired) electrons. The maximum Gasteiger partial charge on any atom is 0.335 e. The van der Waals surface area contributed by atoms with Crippen LogP contribution in [-0.2, 0) is 0 Å². The topological polar surface area (TPSA) is 37.3 Å². The zero-order chi connectivity index (χ0) is 14.2. The van der Waals surface area contributed by atoms with Crippen molar-refractivity contribution in [2.24, 2.45) is 0 Å². The van der Waals surface area contributed by atoms with E-state index in [-0.39, 0.29) is 0 Å². The van der Waals surface area contributed by atoms with Crippen LogP contribution in [0.2, 0.25) is 0 Å². The fraction of sp³-hybridized carbons (Fsp3) is 0.235. The second kappa shape index (κ2) is 4.88. The molecule has 0 saturated carbocycles. The zero-order valence-corrected chi connectivity index (χ0v) is 11.7. The van der Waals surface area contributed by atoms with E-state index >= 15 is 0 Å². The fourth-order valence-electron chi connectivity index (χ4n) is 2.69. The molecule has 0 amide bonds. The van der Waals surface area contributed by atoms with E-state index < -0.39 is 5.97 Å². The number of carboxylic acid groups (broad SMARTS) is 1. The van der Waals surface area contributed by atoms with Gasteiger partial charge in [0.05, 0.1) is 5.56 Å². The van der Waals surface area contributed by atoms with Crippen LogP contribution in [0.1, 0.15) is 32.6 Å². The Balaban J connectivity index is 2.74. The van der Waals surface area contributed by atoms with Crippen LogP contribution in [-0.4, -0.2) is 11.1 Å². The molecule has 1 N–H and O–H groups in total. The van der Waals surface area contributed by atoms with E-state index in [9.17, 15) is 4.79 Å². The molecule has 0 bridgehead atoms. The quantitative estimate of drug-likeness (QED) is 0.868. The maximum absolute atomic E-state index is 11.1. The Morgan fingerprint density at radius 3 is 1.68 bits per heavy atom. The van der Waals surface area contributed by atoms with Crippen LogP contribution in [0.15, 0.2) is 30.3 Å². The van der Waals surface area contributed by atoms with Crippen molar-refractivity contribution < 1.29 is 9.90 Å². The van der Waals surface area contributed by atoms with Gasteiger partial charge in [-0.05, 0) is 73.2 Å². The molecule has 2 aromatic rings. The van der Waals surface area contributed by atoms with Crippen LogP contribution in [0.5, 0.6) is 0 Å². The van der Waals surface area contributed by atoms with Gasteiger partial charge in [-0.25, -0.2) is 4.79 Å². The van der Waals surface area contributed by atoms with Crippen molar-refractivity contribution in [1.29, 1.82) is 0 Å². The Kier molecular flexibility index (Phi) is 3.43. The summed E-state index contributed by atoms with van der Waals surface area (Å²) >= 11 is 0. The third kappa shape index (κ3) is 2.39. The third-order valence-electron chi connectivity index (χ3n) is 3.51. The summed E-state index contributed by atoms with van der Waals surface area (Å²) in [4.78, 5) is 11.1. The van der Waals surface area contributed by atoms with Gasteiger partial charge in [-0.2, -0.15) is 0 Å². The highest BCUT2D eigenvalue weighted by Crippen LogP contribution is 2.33. The summed E-state index contributed by atoms with van der Waals surface area (Å²) in [5.41, 5.74) is 7.17. The predicted molar refractivity (Wildman–Crippen MR) is 77.8 cm³/mol. The number of aryl methyl sites for hydroxylation is 4. The molecule has 98 valence electrons. The molecule has 2 heteroatoms. The summed E-state index contributed by atoms with van der Waals surface area (Å²) in [6, 6.07) is 9.72. The Hall–Kier alpha value is -2.09. The fourth-order valence-corrected chi connectivity index (χ4v) is 2.69. The molecule has 2 rings (SSSR count). The molecule has 0 aliphatic heterocycles. The highest BCUT2D eigenvalue weighted by molar-refractivity contribution is 5.90. The number of hydrogen-bond donors (Lipinski definition) is 1. The number of rotatable bonds is 2. The number of benzene rings is 2. The van der Waals surface area contributed by atoms with Crippen molar-refractivity contribution in [2.45, 2.75) is 27.7 Å². The van der Waals surface area contributed by atoms with Gasteiger partial charge in [0.1, 0.15) is 0 Å². The molecule has 0 saturated heterocycles. The Labute approximate surface area is 113 Å². The van der Waals surface area contributed by atoms with Gasteiger partial charge in [0.25, 0.3) is 0 Å². The summed E-state index contributed by atoms with van der Waals surface area (Å²) in [6.07, 6.45) is 0. The summed E-state index contributed by atoms with van der Waals surface area (Å²) in [5.74, 6) is -0.876. The highest BCUT2D eigenvalue weighted by atomic mass is 16.4. The van der Waals surface area contributed by atoms with Crippen LogP contribution in [0.4, 0.5) is 0 Å². The lowest BCUT2D eigenvalue weighted by atomic mass is 9.88. The Bertz CT molecular complexity index is 611. The van der Waals surface area contributed by atoms with Gasteiger partial charge in [-0.1, -0.05) is 18.2 Å². The number of hydrogen-bond acceptors (Lipinski definition) is 1. The van der Waals surface area contributed by atoms with Gasteiger partial charge >= 0.3 is 5.97 Å². The molecular formula is C17H18O2. The van der Waals surface area contributed by atoms with Crippen molar-refractivity contribution >= 4 is 5.97 Å². The Morgan fingerprint density at radius 2 is 1.26 bits per heavy atom. The normalized spacial score (nSPS) is 10.5. The molecule has 0 aromatic heterocycles. The van der Waals surface area contributed by atoms with E-state index in [1.807, 2.05) is 19.9 Å². The summed E-state index contributed by atoms with van der Waals surface area (Å²) in [7, 11) is 0. The summed E-state index contributed by atoms with van der Waals surface area (Å²) in [6.45, 7) is 8.12. The smallest absolute Gasteiger partial charge is 0.335 e. The molecule has 19 heavy (non-hydrogen) atoms. The van der Waals surface area contributed by atoms with E-state index in [4.69, 9.17) is 5.11 Å². The van der Waals surface area contributed by atoms with E-state index in [1.54, 1.807) is 12.1 Å². The second-order valence-electron chi connectivity index (χ2n) is 5.06. The van der Waals surface area contributed by atoms with Crippen molar-refractivity contribution in [1.82, 2.24) is 0 Å². The van der Waals surface area contributed by atoms with Crippen LogP contribution < -0.4 is 0 Å². The molecule has 2 nitrogen and oxygen atoms in total. The van der Waals surface area contributed by atoms with Crippen molar-refractivity contribution in [3.05, 3.63) is 58.1 Å². The van der Waals surface area contributed by atoms with Crippen LogP contribution in [0.3, 0.4) is 0 Å². The monoisotopic (exact) mass is 254 g/mol. The van der Waals surface area contributed by atoms with E-state index in [1.165, 1.54) is 16.7 Å². The first-order chi connectivity index (χ1) is 8.91. The molecule has 0 atom stereocenters. The van der Waals surface area contributed by atoms with E-state index in [0.29, 0.717) is 5.56 Å². The van der Waals surface area contributed by atoms with Gasteiger partial charge in [0, 0.05) is 0 Å². The molecule has 2 aromatic carbocycles. The molecule has 0 spiro atoms. The van der Waals surface area contributed by atoms with Crippen LogP contribution in [0, 0.1) is 27.7 Å². The number of carboxylic acids is 1. The van der Waals surface area contributed by atoms with Gasteiger partial charge in [0.15, 0.2) is 0 Å². The second-order valence-corrected chi connectivity index (χ2v) is 5.06. The van der Waals surface area contributed by atoms with E-state index in [2.05, 4.69) is 26.0 Å². The molecule has 0 aliphatic carbocycles. The minimum Gasteiger partial charge on any atom is -0.478 e. The average molecular weight is 254 g/mol. The highest BCUT2D eigenvalue weighted by Gasteiger charge is 2.14. The number of carbonyl (C=O) groups is 1. The van der Waals surface area contributed by atoms with Crippen molar-refractivity contribution in [2.75, 3.05) is 0 Å².